The molecule has 0 unspecified atom stereocenters. The van der Waals surface area contributed by atoms with Gasteiger partial charge in [-0.3, -0.25) is 9.63 Å². The van der Waals surface area contributed by atoms with E-state index in [9.17, 15) is 13.2 Å². The third-order valence-electron chi connectivity index (χ3n) is 3.04. The van der Waals surface area contributed by atoms with Crippen LogP contribution in [-0.4, -0.2) is 20.9 Å². The Morgan fingerprint density at radius 2 is 1.71 bits per heavy atom. The average Bonchev–Trinajstić information content (AvgIpc) is 2.56. The molecule has 0 aromatic heterocycles. The second-order valence-corrected chi connectivity index (χ2v) is 7.02. The number of halogens is 1. The van der Waals surface area contributed by atoms with Crippen LogP contribution in [0.5, 0.6) is 0 Å². The van der Waals surface area contributed by atoms with Crippen molar-refractivity contribution >= 4 is 27.5 Å². The number of carbonyl (C=O) groups excluding carboxylic acids is 1. The first kappa shape index (κ1) is 18.4. The van der Waals surface area contributed by atoms with Crippen LogP contribution in [0.15, 0.2) is 59.5 Å². The minimum absolute atomic E-state index is 0.0209. The van der Waals surface area contributed by atoms with E-state index in [2.05, 4.69) is 10.2 Å². The molecule has 6 nitrogen and oxygen atoms in total. The molecular formula is C16H17ClN2O4S. The summed E-state index contributed by atoms with van der Waals surface area (Å²) >= 11 is 5.86. The Morgan fingerprint density at radius 1 is 1.04 bits per heavy atom. The Balaban J connectivity index is 1.73. The standard InChI is InChI=1S/C16H17ClN2O4S/c17-14-8-4-5-9-15(14)24(21,22)18-11-10-16(20)19-23-12-13-6-2-1-3-7-13/h1-9,18H,10-12H2,(H,19,20). The summed E-state index contributed by atoms with van der Waals surface area (Å²) in [5, 5.41) is 0.126. The molecule has 128 valence electrons. The number of carbonyl (C=O) groups is 1. The number of hydrogen-bond acceptors (Lipinski definition) is 4. The highest BCUT2D eigenvalue weighted by Gasteiger charge is 2.17. The van der Waals surface area contributed by atoms with Crippen LogP contribution in [0.3, 0.4) is 0 Å². The van der Waals surface area contributed by atoms with E-state index in [4.69, 9.17) is 16.4 Å². The van der Waals surface area contributed by atoms with Gasteiger partial charge >= 0.3 is 0 Å². The van der Waals surface area contributed by atoms with Crippen LogP contribution in [0, 0.1) is 0 Å². The molecule has 2 aromatic rings. The van der Waals surface area contributed by atoms with Gasteiger partial charge in [0, 0.05) is 13.0 Å². The van der Waals surface area contributed by atoms with Crippen molar-refractivity contribution in [3.8, 4) is 0 Å². The molecule has 0 bridgehead atoms. The number of sulfonamides is 1. The molecule has 8 heteroatoms. The largest absolute Gasteiger partial charge is 0.273 e. The fourth-order valence-electron chi connectivity index (χ4n) is 1.86. The molecule has 0 radical (unpaired) electrons. The fourth-order valence-corrected chi connectivity index (χ4v) is 3.41. The van der Waals surface area contributed by atoms with Crippen molar-refractivity contribution in [2.75, 3.05) is 6.54 Å². The van der Waals surface area contributed by atoms with Crippen molar-refractivity contribution in [1.29, 1.82) is 0 Å². The van der Waals surface area contributed by atoms with Crippen LogP contribution in [-0.2, 0) is 26.3 Å². The molecule has 2 rings (SSSR count). The van der Waals surface area contributed by atoms with E-state index in [1.54, 1.807) is 12.1 Å². The van der Waals surface area contributed by atoms with Gasteiger partial charge in [-0.05, 0) is 17.7 Å². The summed E-state index contributed by atoms with van der Waals surface area (Å²) in [4.78, 5) is 16.7. The highest BCUT2D eigenvalue weighted by molar-refractivity contribution is 7.89. The minimum atomic E-state index is -3.75. The predicted molar refractivity (Wildman–Crippen MR) is 90.6 cm³/mol. The normalized spacial score (nSPS) is 11.2. The second-order valence-electron chi connectivity index (χ2n) is 4.88. The van der Waals surface area contributed by atoms with Gasteiger partial charge in [-0.25, -0.2) is 18.6 Å². The summed E-state index contributed by atoms with van der Waals surface area (Å²) in [5.74, 6) is -0.423. The zero-order valence-corrected chi connectivity index (χ0v) is 14.3. The topological polar surface area (TPSA) is 84.5 Å². The molecule has 0 aliphatic heterocycles. The molecule has 0 atom stereocenters. The predicted octanol–water partition coefficient (Wildman–Crippen LogP) is 2.26. The van der Waals surface area contributed by atoms with Gasteiger partial charge in [0.2, 0.25) is 15.9 Å². The van der Waals surface area contributed by atoms with E-state index in [0.717, 1.165) is 5.56 Å². The van der Waals surface area contributed by atoms with Crippen LogP contribution >= 0.6 is 11.6 Å². The maximum absolute atomic E-state index is 12.1. The highest BCUT2D eigenvalue weighted by atomic mass is 35.5. The van der Waals surface area contributed by atoms with E-state index in [0.29, 0.717) is 0 Å². The first-order chi connectivity index (χ1) is 11.5. The lowest BCUT2D eigenvalue weighted by molar-refractivity contribution is -0.134. The summed E-state index contributed by atoms with van der Waals surface area (Å²) in [6, 6.07) is 15.4. The molecule has 2 aromatic carbocycles. The first-order valence-corrected chi connectivity index (χ1v) is 9.04. The van der Waals surface area contributed by atoms with Crippen LogP contribution in [0.25, 0.3) is 0 Å². The smallest absolute Gasteiger partial charge is 0.244 e. The number of hydrogen-bond donors (Lipinski definition) is 2. The lowest BCUT2D eigenvalue weighted by Crippen LogP contribution is -2.31. The first-order valence-electron chi connectivity index (χ1n) is 7.18. The van der Waals surface area contributed by atoms with Crippen molar-refractivity contribution in [3.63, 3.8) is 0 Å². The summed E-state index contributed by atoms with van der Waals surface area (Å²) in [6.07, 6.45) is -0.0571. The van der Waals surface area contributed by atoms with Gasteiger partial charge in [-0.2, -0.15) is 0 Å². The molecule has 1 amide bonds. The summed E-state index contributed by atoms with van der Waals surface area (Å²) in [6.45, 7) is 0.173. The van der Waals surface area contributed by atoms with Gasteiger partial charge in [0.25, 0.3) is 0 Å². The maximum atomic E-state index is 12.1. The van der Waals surface area contributed by atoms with Crippen LogP contribution in [0.4, 0.5) is 0 Å². The molecule has 0 saturated heterocycles. The van der Waals surface area contributed by atoms with Crippen molar-refractivity contribution < 1.29 is 18.0 Å². The van der Waals surface area contributed by atoms with Gasteiger partial charge < -0.3 is 0 Å². The lowest BCUT2D eigenvalue weighted by Gasteiger charge is -2.09. The Bertz CT molecular complexity index is 782. The van der Waals surface area contributed by atoms with Gasteiger partial charge in [0.05, 0.1) is 11.6 Å². The molecule has 0 aliphatic carbocycles. The summed E-state index contributed by atoms with van der Waals surface area (Å²) < 4.78 is 26.5. The van der Waals surface area contributed by atoms with Crippen molar-refractivity contribution in [3.05, 3.63) is 65.2 Å². The quantitative estimate of drug-likeness (QED) is 0.700. The van der Waals surface area contributed by atoms with Gasteiger partial charge in [0.1, 0.15) is 4.90 Å². The third kappa shape index (κ3) is 5.61. The van der Waals surface area contributed by atoms with Crippen molar-refractivity contribution in [1.82, 2.24) is 10.2 Å². The number of nitrogens with one attached hydrogen (secondary N) is 2. The number of amides is 1. The molecule has 0 fully saturated rings. The van der Waals surface area contributed by atoms with Crippen molar-refractivity contribution in [2.24, 2.45) is 0 Å². The van der Waals surface area contributed by atoms with E-state index >= 15 is 0 Å². The van der Waals surface area contributed by atoms with E-state index in [1.165, 1.54) is 12.1 Å². The number of benzene rings is 2. The van der Waals surface area contributed by atoms with E-state index < -0.39 is 15.9 Å². The Labute approximate surface area is 145 Å². The monoisotopic (exact) mass is 368 g/mol. The fraction of sp³-hybridized carbons (Fsp3) is 0.188. The molecule has 0 saturated carbocycles. The average molecular weight is 369 g/mol. The summed E-state index contributed by atoms with van der Waals surface area (Å²) in [7, 11) is -3.75. The zero-order chi connectivity index (χ0) is 17.4. The Hall–Kier alpha value is -1.93. The second kappa shape index (κ2) is 8.79. The van der Waals surface area contributed by atoms with Crippen LogP contribution in [0.2, 0.25) is 5.02 Å². The van der Waals surface area contributed by atoms with E-state index in [1.807, 2.05) is 30.3 Å². The summed E-state index contributed by atoms with van der Waals surface area (Å²) in [5.41, 5.74) is 3.18. The maximum Gasteiger partial charge on any atom is 0.244 e. The SMILES string of the molecule is O=C(CCNS(=O)(=O)c1ccccc1Cl)NOCc1ccccc1. The molecule has 2 N–H and O–H groups in total. The molecular weight excluding hydrogens is 352 g/mol. The zero-order valence-electron chi connectivity index (χ0n) is 12.7. The Kier molecular flexibility index (Phi) is 6.74. The van der Waals surface area contributed by atoms with Gasteiger partial charge in [-0.15, -0.1) is 0 Å². The number of rotatable bonds is 8. The molecule has 0 heterocycles. The van der Waals surface area contributed by atoms with E-state index in [-0.39, 0.29) is 29.5 Å². The van der Waals surface area contributed by atoms with Crippen LogP contribution in [0.1, 0.15) is 12.0 Å². The third-order valence-corrected chi connectivity index (χ3v) is 5.00. The molecule has 0 spiro atoms. The van der Waals surface area contributed by atoms with Crippen molar-refractivity contribution in [2.45, 2.75) is 17.9 Å². The minimum Gasteiger partial charge on any atom is -0.273 e. The molecule has 24 heavy (non-hydrogen) atoms. The van der Waals surface area contributed by atoms with Gasteiger partial charge in [0.15, 0.2) is 0 Å². The lowest BCUT2D eigenvalue weighted by atomic mass is 10.2. The van der Waals surface area contributed by atoms with Gasteiger partial charge in [-0.1, -0.05) is 54.1 Å². The molecule has 0 aliphatic rings. The Morgan fingerprint density at radius 3 is 2.42 bits per heavy atom. The van der Waals surface area contributed by atoms with Crippen LogP contribution < -0.4 is 10.2 Å². The highest BCUT2D eigenvalue weighted by Crippen LogP contribution is 2.19. The number of hydroxylamine groups is 1.